The Kier molecular flexibility index (Phi) is 1.84. The molecule has 48 valence electrons. The average Bonchev–Trinajstić information content (AvgIpc) is 1.77. The molecule has 1 heterocycles. The fourth-order valence-corrected chi connectivity index (χ4v) is 1.23. The number of rotatable bonds is 0. The number of piperidine rings is 1. The molecule has 1 aliphatic rings. The Labute approximate surface area is 63.9 Å². The van der Waals surface area contributed by atoms with Gasteiger partial charge in [0.25, 0.3) is 0 Å². The number of carbonyl (C=O) groups excluding carboxylic acids is 1. The van der Waals surface area contributed by atoms with Crippen molar-refractivity contribution >= 4 is 29.7 Å². The van der Waals surface area contributed by atoms with Crippen LogP contribution in [0, 0.1) is 0 Å². The largest absolute Gasteiger partial charge is 0.356 e. The lowest BCUT2D eigenvalue weighted by Gasteiger charge is -2.26. The van der Waals surface area contributed by atoms with Crippen molar-refractivity contribution in [1.82, 2.24) is 5.32 Å². The van der Waals surface area contributed by atoms with Crippen LogP contribution in [0.15, 0.2) is 0 Å². The minimum Gasteiger partial charge on any atom is -0.356 e. The van der Waals surface area contributed by atoms with Crippen molar-refractivity contribution in [2.24, 2.45) is 0 Å². The summed E-state index contributed by atoms with van der Waals surface area (Å²) in [5, 5.41) is 2.66. The van der Waals surface area contributed by atoms with Crippen LogP contribution in [-0.4, -0.2) is 24.5 Å². The van der Waals surface area contributed by atoms with E-state index in [1.807, 2.05) is 0 Å². The second-order valence-electron chi connectivity index (χ2n) is 2.22. The van der Waals surface area contributed by atoms with Gasteiger partial charge in [0, 0.05) is 6.54 Å². The molecule has 0 saturated carbocycles. The third-order valence-corrected chi connectivity index (χ3v) is 2.14. The van der Waals surface area contributed by atoms with Crippen LogP contribution in [-0.2, 0) is 4.79 Å². The lowest BCUT2D eigenvalue weighted by molar-refractivity contribution is -0.122. The molecule has 9 heavy (non-hydrogen) atoms. The molecule has 0 aromatic heterocycles. The highest BCUT2D eigenvalue weighted by atomic mass is 79.9. The third-order valence-electron chi connectivity index (χ3n) is 1.38. The van der Waals surface area contributed by atoms with Crippen LogP contribution in [0.4, 0.5) is 0 Å². The molecule has 0 bridgehead atoms. The molecular weight excluding hydrogens is 181 g/mol. The molecule has 1 saturated heterocycles. The number of alkyl halides is 1. The number of hydrogen-bond donors (Lipinski definition) is 1. The standard InChI is InChI=1S/C5H7BBrNO/c6-5(7)2-1-3-8-4(5)9/h1-3H2,(H,8,9). The van der Waals surface area contributed by atoms with Gasteiger partial charge < -0.3 is 5.32 Å². The molecule has 2 nitrogen and oxygen atoms in total. The maximum Gasteiger partial charge on any atom is 0.227 e. The van der Waals surface area contributed by atoms with E-state index in [1.54, 1.807) is 0 Å². The van der Waals surface area contributed by atoms with Crippen molar-refractivity contribution in [2.75, 3.05) is 6.54 Å². The molecule has 0 aromatic carbocycles. The van der Waals surface area contributed by atoms with Gasteiger partial charge in [0.2, 0.25) is 5.91 Å². The van der Waals surface area contributed by atoms with E-state index in [2.05, 4.69) is 21.2 Å². The van der Waals surface area contributed by atoms with Gasteiger partial charge in [0.05, 0.1) is 4.22 Å². The third kappa shape index (κ3) is 1.48. The molecule has 0 aliphatic carbocycles. The van der Waals surface area contributed by atoms with Gasteiger partial charge in [-0.05, 0) is 12.8 Å². The number of hydrogen-bond acceptors (Lipinski definition) is 1. The molecule has 1 fully saturated rings. The summed E-state index contributed by atoms with van der Waals surface area (Å²) in [4.78, 5) is 10.8. The second-order valence-corrected chi connectivity index (χ2v) is 3.64. The maximum atomic E-state index is 10.8. The maximum absolute atomic E-state index is 10.8. The topological polar surface area (TPSA) is 29.1 Å². The van der Waals surface area contributed by atoms with E-state index >= 15 is 0 Å². The first-order chi connectivity index (χ1) is 4.13. The molecule has 2 radical (unpaired) electrons. The average molecular weight is 188 g/mol. The van der Waals surface area contributed by atoms with Gasteiger partial charge in [-0.15, -0.1) is 0 Å². The molecule has 0 spiro atoms. The SMILES string of the molecule is [B]C1(Br)CCCNC1=O. The quantitative estimate of drug-likeness (QED) is 0.425. The first-order valence-corrected chi connectivity index (χ1v) is 3.68. The first-order valence-electron chi connectivity index (χ1n) is 2.89. The summed E-state index contributed by atoms with van der Waals surface area (Å²) in [5.41, 5.74) is 0. The van der Waals surface area contributed by atoms with Crippen molar-refractivity contribution in [3.63, 3.8) is 0 Å². The summed E-state index contributed by atoms with van der Waals surface area (Å²) in [5.74, 6) is -0.103. The highest BCUT2D eigenvalue weighted by Gasteiger charge is 2.31. The zero-order valence-electron chi connectivity index (χ0n) is 4.98. The molecule has 1 rings (SSSR count). The van der Waals surface area contributed by atoms with Gasteiger partial charge in [-0.25, -0.2) is 0 Å². The summed E-state index contributed by atoms with van der Waals surface area (Å²) in [7, 11) is 5.53. The molecule has 1 N–H and O–H groups in total. The van der Waals surface area contributed by atoms with Gasteiger partial charge in [-0.3, -0.25) is 4.79 Å². The highest BCUT2D eigenvalue weighted by Crippen LogP contribution is 2.22. The monoisotopic (exact) mass is 187 g/mol. The zero-order chi connectivity index (χ0) is 6.91. The van der Waals surface area contributed by atoms with Gasteiger partial charge >= 0.3 is 0 Å². The van der Waals surface area contributed by atoms with E-state index in [-0.39, 0.29) is 5.91 Å². The molecule has 1 unspecified atom stereocenters. The van der Waals surface area contributed by atoms with E-state index in [1.165, 1.54) is 0 Å². The summed E-state index contributed by atoms with van der Waals surface area (Å²) in [6, 6.07) is 0. The molecule has 0 aromatic rings. The van der Waals surface area contributed by atoms with Crippen LogP contribution >= 0.6 is 15.9 Å². The summed E-state index contributed by atoms with van der Waals surface area (Å²) >= 11 is 3.12. The highest BCUT2D eigenvalue weighted by molar-refractivity contribution is 9.10. The fraction of sp³-hybridized carbons (Fsp3) is 0.800. The Morgan fingerprint density at radius 3 is 2.78 bits per heavy atom. The van der Waals surface area contributed by atoms with Gasteiger partial charge in [0.15, 0.2) is 0 Å². The molecule has 1 aliphatic heterocycles. The smallest absolute Gasteiger partial charge is 0.227 e. The Hall–Kier alpha value is 0.0149. The Morgan fingerprint density at radius 2 is 2.44 bits per heavy atom. The van der Waals surface area contributed by atoms with E-state index in [4.69, 9.17) is 7.85 Å². The predicted octanol–water partition coefficient (Wildman–Crippen LogP) is 0.156. The summed E-state index contributed by atoms with van der Waals surface area (Å²) in [6.45, 7) is 0.753. The molecular formula is C5H7BBrNO. The lowest BCUT2D eigenvalue weighted by atomic mass is 9.80. The predicted molar refractivity (Wildman–Crippen MR) is 39.7 cm³/mol. The lowest BCUT2D eigenvalue weighted by Crippen LogP contribution is -2.47. The molecule has 1 amide bonds. The van der Waals surface area contributed by atoms with Gasteiger partial charge in [-0.1, -0.05) is 15.9 Å². The fourth-order valence-electron chi connectivity index (χ4n) is 0.808. The number of halogens is 1. The zero-order valence-corrected chi connectivity index (χ0v) is 6.57. The second kappa shape index (κ2) is 2.33. The molecule has 4 heteroatoms. The minimum absolute atomic E-state index is 0.103. The van der Waals surface area contributed by atoms with Crippen LogP contribution in [0.5, 0.6) is 0 Å². The van der Waals surface area contributed by atoms with Crippen molar-refractivity contribution in [1.29, 1.82) is 0 Å². The minimum atomic E-state index is -0.800. The van der Waals surface area contributed by atoms with Crippen molar-refractivity contribution in [3.8, 4) is 0 Å². The number of amides is 1. The number of nitrogens with one attached hydrogen (secondary N) is 1. The normalized spacial score (nSPS) is 35.9. The van der Waals surface area contributed by atoms with E-state index in [0.29, 0.717) is 0 Å². The van der Waals surface area contributed by atoms with Gasteiger partial charge in [0.1, 0.15) is 7.85 Å². The van der Waals surface area contributed by atoms with E-state index < -0.39 is 4.22 Å². The van der Waals surface area contributed by atoms with Crippen molar-refractivity contribution in [2.45, 2.75) is 17.1 Å². The Bertz CT molecular complexity index is 137. The van der Waals surface area contributed by atoms with Crippen molar-refractivity contribution < 1.29 is 4.79 Å². The van der Waals surface area contributed by atoms with E-state index in [0.717, 1.165) is 19.4 Å². The van der Waals surface area contributed by atoms with Crippen LogP contribution in [0.3, 0.4) is 0 Å². The Morgan fingerprint density at radius 1 is 1.78 bits per heavy atom. The molecule has 1 atom stereocenters. The van der Waals surface area contributed by atoms with Gasteiger partial charge in [-0.2, -0.15) is 0 Å². The number of carbonyl (C=O) groups is 1. The van der Waals surface area contributed by atoms with Crippen LogP contribution in [0.2, 0.25) is 0 Å². The van der Waals surface area contributed by atoms with Crippen LogP contribution in [0.25, 0.3) is 0 Å². The van der Waals surface area contributed by atoms with Crippen molar-refractivity contribution in [3.05, 3.63) is 0 Å². The summed E-state index contributed by atoms with van der Waals surface area (Å²) in [6.07, 6.45) is 1.67. The van der Waals surface area contributed by atoms with Crippen LogP contribution in [0.1, 0.15) is 12.8 Å². The van der Waals surface area contributed by atoms with Crippen LogP contribution < -0.4 is 5.32 Å². The first kappa shape index (κ1) is 7.13. The summed E-state index contributed by atoms with van der Waals surface area (Å²) < 4.78 is -0.800. The Balaban J connectivity index is 2.60. The van der Waals surface area contributed by atoms with E-state index in [9.17, 15) is 4.79 Å².